The average molecular weight is 429 g/mol. The van der Waals surface area contributed by atoms with Gasteiger partial charge in [-0.2, -0.15) is 0 Å². The molecule has 0 N–H and O–H groups in total. The topological polar surface area (TPSA) is 24.8 Å². The molecular formula is C14H22N2OPt-2. The van der Waals surface area contributed by atoms with E-state index >= 15 is 0 Å². The van der Waals surface area contributed by atoms with E-state index in [1.54, 1.807) is 7.11 Å². The van der Waals surface area contributed by atoms with E-state index in [1.165, 1.54) is 0 Å². The summed E-state index contributed by atoms with van der Waals surface area (Å²) in [6.45, 7) is 3.79. The van der Waals surface area contributed by atoms with Crippen LogP contribution in [-0.4, -0.2) is 45.4 Å². The van der Waals surface area contributed by atoms with Gasteiger partial charge in [-0.1, -0.05) is 18.7 Å². The molecule has 0 spiro atoms. The molecule has 1 rings (SSSR count). The average Bonchev–Trinajstić information content (AvgIpc) is 2.24. The van der Waals surface area contributed by atoms with Crippen LogP contribution in [0.25, 0.3) is 0 Å². The van der Waals surface area contributed by atoms with E-state index in [0.29, 0.717) is 0 Å². The number of rotatable bonds is 5. The molecule has 106 valence electrons. The Bertz CT molecular complexity index is 365. The van der Waals surface area contributed by atoms with Crippen molar-refractivity contribution in [1.82, 2.24) is 4.90 Å². The summed E-state index contributed by atoms with van der Waals surface area (Å²) in [6.07, 6.45) is 1.86. The molecule has 1 aromatic rings. The Morgan fingerprint density at radius 3 is 2.61 bits per heavy atom. The van der Waals surface area contributed by atoms with Crippen LogP contribution in [0.2, 0.25) is 0 Å². The predicted molar refractivity (Wildman–Crippen MR) is 74.0 cm³/mol. The standard InChI is InChI=1S/C13H19N2O.CH3.Pt/c1-11-9-12(5-6-13(11)16-4)10-14-7-8-15(2)3;;/h6,9-10H,7-8H2,1-4H3;1H3;/q2*-1;. The molecule has 0 unspecified atom stereocenters. The van der Waals surface area contributed by atoms with Crippen molar-refractivity contribution in [3.8, 4) is 5.75 Å². The van der Waals surface area contributed by atoms with Crippen molar-refractivity contribution >= 4 is 6.21 Å². The summed E-state index contributed by atoms with van der Waals surface area (Å²) in [6, 6.07) is 7.00. The van der Waals surface area contributed by atoms with Crippen molar-refractivity contribution in [2.45, 2.75) is 6.92 Å². The summed E-state index contributed by atoms with van der Waals surface area (Å²) in [5, 5.41) is 0. The first-order valence-corrected chi connectivity index (χ1v) is 5.34. The fourth-order valence-corrected chi connectivity index (χ4v) is 1.32. The van der Waals surface area contributed by atoms with Crippen molar-refractivity contribution < 1.29 is 25.8 Å². The van der Waals surface area contributed by atoms with Crippen LogP contribution in [0.1, 0.15) is 11.1 Å². The van der Waals surface area contributed by atoms with Gasteiger partial charge < -0.3 is 22.1 Å². The van der Waals surface area contributed by atoms with E-state index in [2.05, 4.69) is 16.0 Å². The van der Waals surface area contributed by atoms with Crippen molar-refractivity contribution in [3.63, 3.8) is 0 Å². The molecular weight excluding hydrogens is 407 g/mol. The zero-order valence-electron chi connectivity index (χ0n) is 11.8. The van der Waals surface area contributed by atoms with E-state index in [4.69, 9.17) is 4.74 Å². The summed E-state index contributed by atoms with van der Waals surface area (Å²) in [7, 11) is 5.75. The Morgan fingerprint density at radius 2 is 2.11 bits per heavy atom. The van der Waals surface area contributed by atoms with Gasteiger partial charge in [-0.15, -0.1) is 23.8 Å². The number of nitrogens with zero attached hydrogens (tertiary/aromatic N) is 2. The quantitative estimate of drug-likeness (QED) is 0.530. The number of aryl methyl sites for hydroxylation is 1. The third kappa shape index (κ3) is 6.93. The number of methoxy groups -OCH3 is 1. The number of hydrogen-bond donors (Lipinski definition) is 0. The molecule has 1 aromatic carbocycles. The minimum atomic E-state index is 0. The van der Waals surface area contributed by atoms with Gasteiger partial charge in [0.25, 0.3) is 0 Å². The summed E-state index contributed by atoms with van der Waals surface area (Å²) in [5.41, 5.74) is 2.10. The normalized spacial score (nSPS) is 10.1. The van der Waals surface area contributed by atoms with Crippen LogP contribution < -0.4 is 4.74 Å². The van der Waals surface area contributed by atoms with Crippen LogP contribution in [0.15, 0.2) is 17.1 Å². The fourth-order valence-electron chi connectivity index (χ4n) is 1.32. The molecule has 0 aliphatic rings. The maximum absolute atomic E-state index is 5.17. The maximum Gasteiger partial charge on any atom is 0.0647 e. The van der Waals surface area contributed by atoms with E-state index in [-0.39, 0.29) is 28.5 Å². The van der Waals surface area contributed by atoms with Gasteiger partial charge in [0, 0.05) is 39.9 Å². The Kier molecular flexibility index (Phi) is 11.2. The molecule has 4 heteroatoms. The number of benzene rings is 1. The molecule has 0 saturated heterocycles. The molecule has 0 aliphatic carbocycles. The molecule has 0 saturated carbocycles. The van der Waals surface area contributed by atoms with E-state index < -0.39 is 0 Å². The molecule has 0 aromatic heterocycles. The zero-order chi connectivity index (χ0) is 12.0. The van der Waals surface area contributed by atoms with Gasteiger partial charge in [-0.05, 0) is 14.1 Å². The van der Waals surface area contributed by atoms with Gasteiger partial charge >= 0.3 is 0 Å². The second-order valence-corrected chi connectivity index (χ2v) is 3.98. The molecule has 3 nitrogen and oxygen atoms in total. The largest absolute Gasteiger partial charge is 0.540 e. The van der Waals surface area contributed by atoms with E-state index in [1.807, 2.05) is 39.4 Å². The van der Waals surface area contributed by atoms with Crippen LogP contribution in [0.4, 0.5) is 0 Å². The van der Waals surface area contributed by atoms with Crippen LogP contribution in [-0.2, 0) is 21.1 Å². The molecule has 0 atom stereocenters. The fraction of sp³-hybridized carbons (Fsp3) is 0.429. The third-order valence-corrected chi connectivity index (χ3v) is 2.26. The summed E-state index contributed by atoms with van der Waals surface area (Å²) in [4.78, 5) is 6.45. The zero-order valence-corrected chi connectivity index (χ0v) is 14.0. The first-order chi connectivity index (χ1) is 7.63. The number of aliphatic imine (C=N–C) groups is 1. The molecule has 0 heterocycles. The number of hydrogen-bond acceptors (Lipinski definition) is 3. The van der Waals surface area contributed by atoms with Crippen LogP contribution in [0, 0.1) is 20.4 Å². The molecule has 0 amide bonds. The predicted octanol–water partition coefficient (Wildman–Crippen LogP) is 2.23. The van der Waals surface area contributed by atoms with Gasteiger partial charge in [0.1, 0.15) is 0 Å². The first kappa shape index (κ1) is 19.7. The van der Waals surface area contributed by atoms with Crippen LogP contribution in [0.5, 0.6) is 5.75 Å². The summed E-state index contributed by atoms with van der Waals surface area (Å²) >= 11 is 0. The van der Waals surface area contributed by atoms with Crippen LogP contribution >= 0.6 is 0 Å². The Morgan fingerprint density at radius 1 is 1.44 bits per heavy atom. The Balaban J connectivity index is 0. The van der Waals surface area contributed by atoms with Gasteiger partial charge in [-0.25, -0.2) is 0 Å². The van der Waals surface area contributed by atoms with Crippen molar-refractivity contribution in [3.05, 3.63) is 36.8 Å². The maximum atomic E-state index is 5.17. The van der Waals surface area contributed by atoms with Gasteiger partial charge in [-0.3, -0.25) is 0 Å². The molecule has 0 fully saturated rings. The van der Waals surface area contributed by atoms with Gasteiger partial charge in [0.05, 0.1) is 7.11 Å². The minimum Gasteiger partial charge on any atom is -0.540 e. The van der Waals surface area contributed by atoms with Crippen molar-refractivity contribution in [1.29, 1.82) is 0 Å². The first-order valence-electron chi connectivity index (χ1n) is 5.34. The molecule has 0 radical (unpaired) electrons. The SMILES string of the molecule is COc1c[c-]c(C=NCCN(C)C)cc1C.[CH3-].[Pt]. The summed E-state index contributed by atoms with van der Waals surface area (Å²) in [5.74, 6) is 0.866. The van der Waals surface area contributed by atoms with Crippen molar-refractivity contribution in [2.24, 2.45) is 4.99 Å². The smallest absolute Gasteiger partial charge is 0.0647 e. The minimum absolute atomic E-state index is 0. The van der Waals surface area contributed by atoms with Crippen LogP contribution in [0.3, 0.4) is 0 Å². The van der Waals surface area contributed by atoms with Gasteiger partial charge in [0.2, 0.25) is 0 Å². The Hall–Kier alpha value is -0.662. The second-order valence-electron chi connectivity index (χ2n) is 3.98. The monoisotopic (exact) mass is 429 g/mol. The van der Waals surface area contributed by atoms with E-state index in [0.717, 1.165) is 30.0 Å². The number of likely N-dealkylation sites (N-methyl/N-ethyl adjacent to an activating group) is 1. The second kappa shape index (κ2) is 10.3. The number of ether oxygens (including phenoxy) is 1. The Labute approximate surface area is 126 Å². The van der Waals surface area contributed by atoms with Gasteiger partial charge in [0.15, 0.2) is 0 Å². The molecule has 18 heavy (non-hydrogen) atoms. The molecule has 0 aliphatic heterocycles. The van der Waals surface area contributed by atoms with Crippen molar-refractivity contribution in [2.75, 3.05) is 34.3 Å². The third-order valence-electron chi connectivity index (χ3n) is 2.26. The van der Waals surface area contributed by atoms with E-state index in [9.17, 15) is 0 Å². The molecule has 0 bridgehead atoms. The summed E-state index contributed by atoms with van der Waals surface area (Å²) < 4.78 is 5.17.